The Morgan fingerprint density at radius 1 is 1.32 bits per heavy atom. The lowest BCUT2D eigenvalue weighted by Crippen LogP contribution is -2.31. The lowest BCUT2D eigenvalue weighted by atomic mass is 10.0. The first-order chi connectivity index (χ1) is 13.3. The zero-order chi connectivity index (χ0) is 20.8. The van der Waals surface area contributed by atoms with Crippen molar-refractivity contribution in [1.82, 2.24) is 9.88 Å². The van der Waals surface area contributed by atoms with E-state index >= 15 is 0 Å². The van der Waals surface area contributed by atoms with Gasteiger partial charge in [-0.3, -0.25) is 9.59 Å². The number of carbonyl (C=O) groups is 2. The molecular formula is C20H27N3O5. The third kappa shape index (κ3) is 4.62. The van der Waals surface area contributed by atoms with Crippen LogP contribution in [0.25, 0.3) is 10.8 Å². The second-order valence-electron chi connectivity index (χ2n) is 7.04. The van der Waals surface area contributed by atoms with E-state index in [2.05, 4.69) is 5.32 Å². The number of aromatic nitrogens is 1. The highest BCUT2D eigenvalue weighted by Crippen LogP contribution is 2.31. The Balaban J connectivity index is 2.86. The van der Waals surface area contributed by atoms with E-state index in [0.29, 0.717) is 35.4 Å². The predicted octanol–water partition coefficient (Wildman–Crippen LogP) is 2.70. The Bertz CT molecular complexity index is 934. The molecule has 0 fully saturated rings. The first-order valence-electron chi connectivity index (χ1n) is 9.35. The van der Waals surface area contributed by atoms with Gasteiger partial charge in [-0.1, -0.05) is 33.3 Å². The van der Waals surface area contributed by atoms with Gasteiger partial charge in [0.25, 0.3) is 5.56 Å². The van der Waals surface area contributed by atoms with E-state index in [-0.39, 0.29) is 23.6 Å². The Morgan fingerprint density at radius 3 is 2.61 bits per heavy atom. The number of nitrogens with one attached hydrogen (secondary N) is 1. The number of primary amides is 1. The Kier molecular flexibility index (Phi) is 7.03. The molecule has 2 amide bonds. The monoisotopic (exact) mass is 389 g/mol. The summed E-state index contributed by atoms with van der Waals surface area (Å²) in [5.74, 6) is -0.211. The average Bonchev–Trinajstić information content (AvgIpc) is 2.63. The van der Waals surface area contributed by atoms with E-state index in [1.807, 2.05) is 20.8 Å². The SMILES string of the molecule is CCCCOc1c(CNC(=O)O)n(CC(C)C)c(=O)c2cccc(C(N)=O)c12. The number of hydrogen-bond donors (Lipinski definition) is 3. The second-order valence-corrected chi connectivity index (χ2v) is 7.04. The van der Waals surface area contributed by atoms with Gasteiger partial charge in [-0.25, -0.2) is 4.79 Å². The molecule has 0 bridgehead atoms. The summed E-state index contributed by atoms with van der Waals surface area (Å²) in [5, 5.41) is 12.0. The van der Waals surface area contributed by atoms with E-state index in [1.165, 1.54) is 10.6 Å². The average molecular weight is 389 g/mol. The van der Waals surface area contributed by atoms with Crippen LogP contribution in [-0.4, -0.2) is 28.3 Å². The molecule has 2 aromatic rings. The lowest BCUT2D eigenvalue weighted by Gasteiger charge is -2.22. The summed E-state index contributed by atoms with van der Waals surface area (Å²) in [6.45, 7) is 6.57. The number of carbonyl (C=O) groups excluding carboxylic acids is 1. The molecule has 0 radical (unpaired) electrons. The maximum Gasteiger partial charge on any atom is 0.404 e. The predicted molar refractivity (Wildman–Crippen MR) is 107 cm³/mol. The second kappa shape index (κ2) is 9.25. The summed E-state index contributed by atoms with van der Waals surface area (Å²) in [5.41, 5.74) is 5.79. The van der Waals surface area contributed by atoms with Gasteiger partial charge in [0.15, 0.2) is 0 Å². The molecule has 28 heavy (non-hydrogen) atoms. The quantitative estimate of drug-likeness (QED) is 0.569. The van der Waals surface area contributed by atoms with Crippen molar-refractivity contribution in [2.45, 2.75) is 46.7 Å². The number of amides is 2. The normalized spacial score (nSPS) is 11.0. The first kappa shape index (κ1) is 21.3. The van der Waals surface area contributed by atoms with Gasteiger partial charge in [0.2, 0.25) is 5.91 Å². The molecule has 0 spiro atoms. The summed E-state index contributed by atoms with van der Waals surface area (Å²) in [7, 11) is 0. The highest BCUT2D eigenvalue weighted by atomic mass is 16.5. The molecule has 1 aromatic heterocycles. The third-order valence-corrected chi connectivity index (χ3v) is 4.32. The van der Waals surface area contributed by atoms with Gasteiger partial charge in [0, 0.05) is 11.9 Å². The van der Waals surface area contributed by atoms with Crippen molar-refractivity contribution in [1.29, 1.82) is 0 Å². The van der Waals surface area contributed by atoms with Crippen LogP contribution >= 0.6 is 0 Å². The fraction of sp³-hybridized carbons (Fsp3) is 0.450. The van der Waals surface area contributed by atoms with Crippen LogP contribution in [0, 0.1) is 5.92 Å². The van der Waals surface area contributed by atoms with Crippen molar-refractivity contribution in [3.63, 3.8) is 0 Å². The van der Waals surface area contributed by atoms with E-state index in [4.69, 9.17) is 15.6 Å². The van der Waals surface area contributed by atoms with Crippen LogP contribution in [0.15, 0.2) is 23.0 Å². The third-order valence-electron chi connectivity index (χ3n) is 4.32. The van der Waals surface area contributed by atoms with Crippen molar-refractivity contribution in [3.05, 3.63) is 39.8 Å². The van der Waals surface area contributed by atoms with Crippen LogP contribution in [0.1, 0.15) is 49.7 Å². The number of ether oxygens (including phenoxy) is 1. The van der Waals surface area contributed by atoms with Gasteiger partial charge in [-0.05, 0) is 24.5 Å². The van der Waals surface area contributed by atoms with Crippen LogP contribution in [0.5, 0.6) is 5.75 Å². The molecule has 8 heteroatoms. The van der Waals surface area contributed by atoms with E-state index in [0.717, 1.165) is 12.8 Å². The molecule has 1 aromatic carbocycles. The van der Waals surface area contributed by atoms with Gasteiger partial charge >= 0.3 is 6.09 Å². The van der Waals surface area contributed by atoms with Gasteiger partial charge in [0.05, 0.1) is 29.8 Å². The molecule has 4 N–H and O–H groups in total. The van der Waals surface area contributed by atoms with Gasteiger partial charge < -0.3 is 25.5 Å². The topological polar surface area (TPSA) is 124 Å². The van der Waals surface area contributed by atoms with Gasteiger partial charge in [-0.15, -0.1) is 0 Å². The molecular weight excluding hydrogens is 362 g/mol. The van der Waals surface area contributed by atoms with Crippen molar-refractivity contribution in [3.8, 4) is 5.75 Å². The maximum atomic E-state index is 13.2. The summed E-state index contributed by atoms with van der Waals surface area (Å²) in [4.78, 5) is 36.3. The Morgan fingerprint density at radius 2 is 2.04 bits per heavy atom. The number of fused-ring (bicyclic) bond motifs is 1. The standard InChI is InChI=1S/C20H27N3O5/c1-4-5-9-28-17-15(10-22-20(26)27)23(11-12(2)3)19(25)14-8-6-7-13(16(14)17)18(21)24/h6-8,12,22H,4-5,9-11H2,1-3H3,(H2,21,24)(H,26,27). The molecule has 0 aliphatic rings. The van der Waals surface area contributed by atoms with Crippen molar-refractivity contribution in [2.75, 3.05) is 6.61 Å². The number of unbranched alkanes of at least 4 members (excludes halogenated alkanes) is 1. The summed E-state index contributed by atoms with van der Waals surface area (Å²) >= 11 is 0. The fourth-order valence-corrected chi connectivity index (χ4v) is 3.08. The molecule has 2 rings (SSSR count). The zero-order valence-electron chi connectivity index (χ0n) is 16.4. The minimum atomic E-state index is -1.22. The molecule has 8 nitrogen and oxygen atoms in total. The minimum absolute atomic E-state index is 0.123. The molecule has 0 atom stereocenters. The van der Waals surface area contributed by atoms with Crippen LogP contribution in [-0.2, 0) is 13.1 Å². The van der Waals surface area contributed by atoms with Crippen LogP contribution < -0.4 is 21.3 Å². The first-order valence-corrected chi connectivity index (χ1v) is 9.35. The largest absolute Gasteiger partial charge is 0.491 e. The fourth-order valence-electron chi connectivity index (χ4n) is 3.08. The van der Waals surface area contributed by atoms with E-state index in [9.17, 15) is 14.4 Å². The van der Waals surface area contributed by atoms with Crippen LogP contribution in [0.2, 0.25) is 0 Å². The summed E-state index contributed by atoms with van der Waals surface area (Å²) in [6.07, 6.45) is 0.455. The zero-order valence-corrected chi connectivity index (χ0v) is 16.4. The van der Waals surface area contributed by atoms with Crippen LogP contribution in [0.3, 0.4) is 0 Å². The molecule has 0 unspecified atom stereocenters. The maximum absolute atomic E-state index is 13.2. The molecule has 152 valence electrons. The van der Waals surface area contributed by atoms with Crippen molar-refractivity contribution < 1.29 is 19.4 Å². The number of rotatable bonds is 9. The summed E-state index contributed by atoms with van der Waals surface area (Å²) < 4.78 is 7.51. The molecule has 0 saturated heterocycles. The van der Waals surface area contributed by atoms with E-state index < -0.39 is 12.0 Å². The Labute approximate surface area is 163 Å². The van der Waals surface area contributed by atoms with E-state index in [1.54, 1.807) is 12.1 Å². The highest BCUT2D eigenvalue weighted by molar-refractivity contribution is 6.08. The number of benzene rings is 1. The number of carboxylic acid groups (broad SMARTS) is 1. The molecule has 0 saturated carbocycles. The van der Waals surface area contributed by atoms with Gasteiger partial charge in [0.1, 0.15) is 5.75 Å². The van der Waals surface area contributed by atoms with Crippen molar-refractivity contribution in [2.24, 2.45) is 11.7 Å². The summed E-state index contributed by atoms with van der Waals surface area (Å²) in [6, 6.07) is 4.77. The number of pyridine rings is 1. The molecule has 0 aliphatic carbocycles. The van der Waals surface area contributed by atoms with Crippen molar-refractivity contribution >= 4 is 22.8 Å². The molecule has 0 aliphatic heterocycles. The number of nitrogens with zero attached hydrogens (tertiary/aromatic N) is 1. The molecule has 1 heterocycles. The van der Waals surface area contributed by atoms with Crippen LogP contribution in [0.4, 0.5) is 4.79 Å². The number of nitrogens with two attached hydrogens (primary N) is 1. The minimum Gasteiger partial charge on any atom is -0.491 e. The number of hydrogen-bond acceptors (Lipinski definition) is 4. The lowest BCUT2D eigenvalue weighted by molar-refractivity contribution is 0.100. The Hall–Kier alpha value is -3.03. The van der Waals surface area contributed by atoms with Gasteiger partial charge in [-0.2, -0.15) is 0 Å². The highest BCUT2D eigenvalue weighted by Gasteiger charge is 2.22. The smallest absolute Gasteiger partial charge is 0.404 e.